The molecule has 0 aliphatic carbocycles. The number of anilines is 2. The number of nitrogens with one attached hydrogen (secondary N) is 2. The van der Waals surface area contributed by atoms with E-state index in [0.29, 0.717) is 16.0 Å². The van der Waals surface area contributed by atoms with E-state index < -0.39 is 0 Å². The number of H-pyrrole nitrogens is 1. The zero-order valence-corrected chi connectivity index (χ0v) is 11.9. The minimum absolute atomic E-state index is 0.155. The highest BCUT2D eigenvalue weighted by molar-refractivity contribution is 14.1. The smallest absolute Gasteiger partial charge is 0.266 e. The average molecular weight is 357 g/mol. The van der Waals surface area contributed by atoms with Gasteiger partial charge in [-0.2, -0.15) is 0 Å². The predicted molar refractivity (Wildman–Crippen MR) is 78.0 cm³/mol. The molecular weight excluding hydrogens is 345 g/mol. The first-order valence-corrected chi connectivity index (χ1v) is 6.37. The molecule has 1 aromatic heterocycles. The van der Waals surface area contributed by atoms with Crippen molar-refractivity contribution in [1.82, 2.24) is 9.97 Å². The summed E-state index contributed by atoms with van der Waals surface area (Å²) in [6.07, 6.45) is 1.38. The summed E-state index contributed by atoms with van der Waals surface area (Å²) in [7, 11) is 1.64. The molecule has 0 unspecified atom stereocenters. The van der Waals surface area contributed by atoms with Gasteiger partial charge in [0.2, 0.25) is 0 Å². The molecule has 1 heterocycles. The number of benzene rings is 1. The largest absolute Gasteiger partial charge is 0.380 e. The van der Waals surface area contributed by atoms with Crippen LogP contribution in [0.15, 0.2) is 35.4 Å². The van der Waals surface area contributed by atoms with Gasteiger partial charge in [-0.1, -0.05) is 18.2 Å². The molecule has 2 N–H and O–H groups in total. The summed E-state index contributed by atoms with van der Waals surface area (Å²) in [5.41, 5.74) is 1.74. The lowest BCUT2D eigenvalue weighted by atomic mass is 10.2. The maximum Gasteiger partial charge on any atom is 0.266 e. The molecule has 5 nitrogen and oxygen atoms in total. The summed E-state index contributed by atoms with van der Waals surface area (Å²) in [4.78, 5) is 18.1. The summed E-state index contributed by atoms with van der Waals surface area (Å²) in [5, 5.41) is 3.15. The van der Waals surface area contributed by atoms with Crippen molar-refractivity contribution in [3.05, 3.63) is 50.1 Å². The Labute approximate surface area is 118 Å². The molecule has 18 heavy (non-hydrogen) atoms. The van der Waals surface area contributed by atoms with Crippen molar-refractivity contribution >= 4 is 34.1 Å². The molecule has 0 amide bonds. The van der Waals surface area contributed by atoms with Gasteiger partial charge >= 0.3 is 0 Å². The number of aromatic amines is 1. The molecule has 0 bridgehead atoms. The van der Waals surface area contributed by atoms with Crippen molar-refractivity contribution < 1.29 is 4.74 Å². The fourth-order valence-electron chi connectivity index (χ4n) is 1.52. The van der Waals surface area contributed by atoms with E-state index in [4.69, 9.17) is 4.74 Å². The van der Waals surface area contributed by atoms with E-state index in [1.54, 1.807) is 7.11 Å². The Bertz CT molecular complexity index is 598. The van der Waals surface area contributed by atoms with E-state index in [1.807, 2.05) is 46.9 Å². The molecule has 1 aromatic carbocycles. The monoisotopic (exact) mass is 357 g/mol. The summed E-state index contributed by atoms with van der Waals surface area (Å²) in [5.74, 6) is 0.544. The number of hydrogen-bond donors (Lipinski definition) is 2. The Morgan fingerprint density at radius 3 is 3.00 bits per heavy atom. The van der Waals surface area contributed by atoms with Gasteiger partial charge in [-0.25, -0.2) is 4.98 Å². The van der Waals surface area contributed by atoms with Crippen molar-refractivity contribution in [1.29, 1.82) is 0 Å². The number of nitrogens with zero attached hydrogens (tertiary/aromatic N) is 1. The van der Waals surface area contributed by atoms with E-state index in [2.05, 4.69) is 15.3 Å². The van der Waals surface area contributed by atoms with Crippen LogP contribution in [0.25, 0.3) is 0 Å². The Hall–Kier alpha value is -1.41. The van der Waals surface area contributed by atoms with Crippen molar-refractivity contribution in [3.8, 4) is 0 Å². The number of halogens is 1. The zero-order chi connectivity index (χ0) is 13.0. The molecule has 94 valence electrons. The molecule has 2 aromatic rings. The van der Waals surface area contributed by atoms with Crippen LogP contribution in [0.5, 0.6) is 0 Å². The van der Waals surface area contributed by atoms with Gasteiger partial charge in [-0.05, 0) is 28.7 Å². The van der Waals surface area contributed by atoms with Crippen molar-refractivity contribution in [2.24, 2.45) is 0 Å². The van der Waals surface area contributed by atoms with Crippen molar-refractivity contribution in [2.75, 3.05) is 12.4 Å². The molecular formula is C12H12IN3O2. The van der Waals surface area contributed by atoms with Crippen molar-refractivity contribution in [3.63, 3.8) is 0 Å². The molecule has 2 rings (SSSR count). The van der Waals surface area contributed by atoms with E-state index in [9.17, 15) is 4.79 Å². The third-order valence-corrected chi connectivity index (χ3v) is 3.37. The summed E-state index contributed by atoms with van der Waals surface area (Å²) < 4.78 is 5.66. The van der Waals surface area contributed by atoms with Gasteiger partial charge in [0.1, 0.15) is 3.57 Å². The van der Waals surface area contributed by atoms with Crippen LogP contribution < -0.4 is 10.9 Å². The van der Waals surface area contributed by atoms with Gasteiger partial charge in [0.05, 0.1) is 12.9 Å². The molecule has 0 radical (unpaired) electrons. The Kier molecular flexibility index (Phi) is 4.32. The highest BCUT2D eigenvalue weighted by atomic mass is 127. The van der Waals surface area contributed by atoms with Crippen LogP contribution in [0.4, 0.5) is 11.5 Å². The zero-order valence-electron chi connectivity index (χ0n) is 9.74. The molecule has 0 saturated carbocycles. The maximum absolute atomic E-state index is 11.5. The normalized spacial score (nSPS) is 10.3. The minimum atomic E-state index is -0.155. The van der Waals surface area contributed by atoms with Crippen LogP contribution in [0.3, 0.4) is 0 Å². The lowest BCUT2D eigenvalue weighted by Gasteiger charge is -2.11. The summed E-state index contributed by atoms with van der Waals surface area (Å²) in [6.45, 7) is 0.503. The molecule has 6 heteroatoms. The van der Waals surface area contributed by atoms with E-state index in [0.717, 1.165) is 11.3 Å². The maximum atomic E-state index is 11.5. The number of para-hydroxylation sites is 1. The lowest BCUT2D eigenvalue weighted by Crippen LogP contribution is -2.13. The highest BCUT2D eigenvalue weighted by Gasteiger charge is 2.07. The topological polar surface area (TPSA) is 67.0 Å². The average Bonchev–Trinajstić information content (AvgIpc) is 2.37. The van der Waals surface area contributed by atoms with Gasteiger partial charge in [0.15, 0.2) is 5.82 Å². The van der Waals surface area contributed by atoms with Gasteiger partial charge in [-0.15, -0.1) is 0 Å². The second-order valence-electron chi connectivity index (χ2n) is 3.61. The molecule has 0 atom stereocenters. The molecule has 0 fully saturated rings. The number of aromatic nitrogens is 2. The summed E-state index contributed by atoms with van der Waals surface area (Å²) in [6, 6.07) is 7.75. The second kappa shape index (κ2) is 5.96. The lowest BCUT2D eigenvalue weighted by molar-refractivity contribution is 0.185. The van der Waals surface area contributed by atoms with Gasteiger partial charge in [0, 0.05) is 18.4 Å². The summed E-state index contributed by atoms with van der Waals surface area (Å²) >= 11 is 1.96. The standard InChI is InChI=1S/C12H12IN3O2/c1-18-6-8-4-2-3-5-9(8)16-11-10(13)12(17)15-7-14-11/h2-5,7H,6H2,1H3,(H2,14,15,16,17). The fourth-order valence-corrected chi connectivity index (χ4v) is 1.95. The number of methoxy groups -OCH3 is 1. The fraction of sp³-hybridized carbons (Fsp3) is 0.167. The van der Waals surface area contributed by atoms with E-state index in [1.165, 1.54) is 6.33 Å². The number of rotatable bonds is 4. The first kappa shape index (κ1) is 13.0. The van der Waals surface area contributed by atoms with Crippen LogP contribution in [-0.2, 0) is 11.3 Å². The molecule has 0 aliphatic rings. The SMILES string of the molecule is COCc1ccccc1Nc1nc[nH]c(=O)c1I. The Morgan fingerprint density at radius 2 is 2.22 bits per heavy atom. The van der Waals surface area contributed by atoms with E-state index in [-0.39, 0.29) is 5.56 Å². The van der Waals surface area contributed by atoms with Crippen LogP contribution >= 0.6 is 22.6 Å². The number of hydrogen-bond acceptors (Lipinski definition) is 4. The van der Waals surface area contributed by atoms with Crippen LogP contribution in [0.1, 0.15) is 5.56 Å². The van der Waals surface area contributed by atoms with Gasteiger partial charge < -0.3 is 15.0 Å². The molecule has 0 aliphatic heterocycles. The van der Waals surface area contributed by atoms with Gasteiger partial charge in [-0.3, -0.25) is 4.79 Å². The Morgan fingerprint density at radius 1 is 1.44 bits per heavy atom. The van der Waals surface area contributed by atoms with Crippen molar-refractivity contribution in [2.45, 2.75) is 6.61 Å². The molecule has 0 saturated heterocycles. The first-order valence-electron chi connectivity index (χ1n) is 5.29. The third-order valence-electron chi connectivity index (χ3n) is 2.37. The first-order chi connectivity index (χ1) is 8.72. The second-order valence-corrected chi connectivity index (χ2v) is 4.69. The quantitative estimate of drug-likeness (QED) is 0.824. The minimum Gasteiger partial charge on any atom is -0.380 e. The van der Waals surface area contributed by atoms with Crippen LogP contribution in [0, 0.1) is 3.57 Å². The van der Waals surface area contributed by atoms with Crippen LogP contribution in [-0.4, -0.2) is 17.1 Å². The van der Waals surface area contributed by atoms with Crippen LogP contribution in [0.2, 0.25) is 0 Å². The predicted octanol–water partition coefficient (Wildman–Crippen LogP) is 2.26. The van der Waals surface area contributed by atoms with Gasteiger partial charge in [0.25, 0.3) is 5.56 Å². The highest BCUT2D eigenvalue weighted by Crippen LogP contribution is 2.21. The third kappa shape index (κ3) is 2.88. The number of ether oxygens (including phenoxy) is 1. The molecule has 0 spiro atoms. The Balaban J connectivity index is 2.34. The van der Waals surface area contributed by atoms with E-state index >= 15 is 0 Å².